The molecule has 1 heterocycles. The van der Waals surface area contributed by atoms with E-state index in [-0.39, 0.29) is 5.82 Å². The SMILES string of the molecule is Cc1cc2nc(Cc3cccc(F)c3)c(-c3ccccc3)nc2cc1C. The Morgan fingerprint density at radius 3 is 2.15 bits per heavy atom. The molecule has 0 aliphatic rings. The highest BCUT2D eigenvalue weighted by Gasteiger charge is 2.13. The Bertz CT molecular complexity index is 1090. The first-order valence-corrected chi connectivity index (χ1v) is 8.68. The summed E-state index contributed by atoms with van der Waals surface area (Å²) in [6.45, 7) is 4.16. The summed E-state index contributed by atoms with van der Waals surface area (Å²) in [7, 11) is 0. The Balaban J connectivity index is 1.91. The Kier molecular flexibility index (Phi) is 4.21. The molecule has 4 rings (SSSR count). The average Bonchev–Trinajstić information content (AvgIpc) is 2.63. The van der Waals surface area contributed by atoms with Crippen LogP contribution in [-0.2, 0) is 6.42 Å². The van der Waals surface area contributed by atoms with Gasteiger partial charge in [0.15, 0.2) is 0 Å². The van der Waals surface area contributed by atoms with Crippen LogP contribution in [-0.4, -0.2) is 9.97 Å². The molecule has 0 fully saturated rings. The standard InChI is InChI=1S/C23H19FN2/c1-15-11-20-21(12-16(15)2)26-23(18-8-4-3-5-9-18)22(25-20)14-17-7-6-10-19(24)13-17/h3-13H,14H2,1-2H3. The zero-order valence-corrected chi connectivity index (χ0v) is 14.8. The molecule has 1 aromatic heterocycles. The van der Waals surface area contributed by atoms with E-state index in [1.807, 2.05) is 36.4 Å². The first kappa shape index (κ1) is 16.4. The molecule has 0 bridgehead atoms. The lowest BCUT2D eigenvalue weighted by Crippen LogP contribution is -2.01. The fourth-order valence-electron chi connectivity index (χ4n) is 3.14. The smallest absolute Gasteiger partial charge is 0.123 e. The number of aryl methyl sites for hydroxylation is 2. The minimum atomic E-state index is -0.232. The second-order valence-corrected chi connectivity index (χ2v) is 6.62. The van der Waals surface area contributed by atoms with Gasteiger partial charge in [-0.3, -0.25) is 0 Å². The fourth-order valence-corrected chi connectivity index (χ4v) is 3.14. The molecule has 0 N–H and O–H groups in total. The van der Waals surface area contributed by atoms with Crippen molar-refractivity contribution in [2.24, 2.45) is 0 Å². The lowest BCUT2D eigenvalue weighted by Gasteiger charge is -2.12. The van der Waals surface area contributed by atoms with Gasteiger partial charge in [-0.15, -0.1) is 0 Å². The number of benzene rings is 3. The summed E-state index contributed by atoms with van der Waals surface area (Å²) < 4.78 is 13.6. The van der Waals surface area contributed by atoms with Crippen LogP contribution in [0.1, 0.15) is 22.4 Å². The van der Waals surface area contributed by atoms with Crippen LogP contribution in [0.2, 0.25) is 0 Å². The van der Waals surface area contributed by atoms with Gasteiger partial charge < -0.3 is 0 Å². The predicted octanol–water partition coefficient (Wildman–Crippen LogP) is 5.64. The average molecular weight is 342 g/mol. The van der Waals surface area contributed by atoms with Crippen LogP contribution in [0.4, 0.5) is 4.39 Å². The van der Waals surface area contributed by atoms with Crippen LogP contribution in [0.5, 0.6) is 0 Å². The Hall–Kier alpha value is -3.07. The highest BCUT2D eigenvalue weighted by molar-refractivity contribution is 5.80. The van der Waals surface area contributed by atoms with Crippen LogP contribution >= 0.6 is 0 Å². The first-order valence-electron chi connectivity index (χ1n) is 8.68. The van der Waals surface area contributed by atoms with Crippen LogP contribution in [0.3, 0.4) is 0 Å². The first-order chi connectivity index (χ1) is 12.6. The lowest BCUT2D eigenvalue weighted by molar-refractivity contribution is 0.626. The second kappa shape index (κ2) is 6.68. The highest BCUT2D eigenvalue weighted by Crippen LogP contribution is 2.26. The maximum Gasteiger partial charge on any atom is 0.123 e. The molecule has 0 aliphatic carbocycles. The summed E-state index contributed by atoms with van der Waals surface area (Å²) in [5.74, 6) is -0.232. The molecule has 0 unspecified atom stereocenters. The lowest BCUT2D eigenvalue weighted by atomic mass is 10.0. The normalized spacial score (nSPS) is 11.0. The van der Waals surface area contributed by atoms with E-state index < -0.39 is 0 Å². The van der Waals surface area contributed by atoms with E-state index in [2.05, 4.69) is 26.0 Å². The number of hydrogen-bond donors (Lipinski definition) is 0. The van der Waals surface area contributed by atoms with E-state index in [1.54, 1.807) is 12.1 Å². The molecule has 0 radical (unpaired) electrons. The number of nitrogens with zero attached hydrogens (tertiary/aromatic N) is 2. The van der Waals surface area contributed by atoms with Crippen molar-refractivity contribution in [3.63, 3.8) is 0 Å². The van der Waals surface area contributed by atoms with Crippen molar-refractivity contribution in [3.8, 4) is 11.3 Å². The van der Waals surface area contributed by atoms with Gasteiger partial charge in [0.25, 0.3) is 0 Å². The molecule has 2 nitrogen and oxygen atoms in total. The summed E-state index contributed by atoms with van der Waals surface area (Å²) in [4.78, 5) is 9.80. The summed E-state index contributed by atoms with van der Waals surface area (Å²) >= 11 is 0. The van der Waals surface area contributed by atoms with E-state index in [4.69, 9.17) is 9.97 Å². The van der Waals surface area contributed by atoms with E-state index in [0.29, 0.717) is 6.42 Å². The van der Waals surface area contributed by atoms with Crippen molar-refractivity contribution in [1.29, 1.82) is 0 Å². The molecule has 0 amide bonds. The summed E-state index contributed by atoms with van der Waals surface area (Å²) in [5.41, 5.74) is 7.77. The van der Waals surface area contributed by atoms with Gasteiger partial charge in [0.05, 0.1) is 22.4 Å². The van der Waals surface area contributed by atoms with Gasteiger partial charge >= 0.3 is 0 Å². The van der Waals surface area contributed by atoms with E-state index in [0.717, 1.165) is 33.5 Å². The molecule has 0 saturated heterocycles. The van der Waals surface area contributed by atoms with E-state index in [1.165, 1.54) is 17.2 Å². The van der Waals surface area contributed by atoms with Gasteiger partial charge in [0, 0.05) is 12.0 Å². The molecule has 0 spiro atoms. The van der Waals surface area contributed by atoms with Gasteiger partial charge in [0.1, 0.15) is 5.82 Å². The molecule has 0 atom stereocenters. The topological polar surface area (TPSA) is 25.8 Å². The molecule has 128 valence electrons. The van der Waals surface area contributed by atoms with E-state index >= 15 is 0 Å². The molecule has 4 aromatic rings. The zero-order chi connectivity index (χ0) is 18.1. The highest BCUT2D eigenvalue weighted by atomic mass is 19.1. The largest absolute Gasteiger partial charge is 0.249 e. The maximum absolute atomic E-state index is 13.6. The third kappa shape index (κ3) is 3.21. The van der Waals surface area contributed by atoms with Crippen LogP contribution in [0, 0.1) is 19.7 Å². The Morgan fingerprint density at radius 1 is 0.769 bits per heavy atom. The molecular formula is C23H19FN2. The van der Waals surface area contributed by atoms with Gasteiger partial charge in [-0.25, -0.2) is 14.4 Å². The summed E-state index contributed by atoms with van der Waals surface area (Å²) in [6.07, 6.45) is 0.540. The van der Waals surface area contributed by atoms with Gasteiger partial charge in [0.2, 0.25) is 0 Å². The van der Waals surface area contributed by atoms with E-state index in [9.17, 15) is 4.39 Å². The predicted molar refractivity (Wildman–Crippen MR) is 104 cm³/mol. The number of rotatable bonds is 3. The summed E-state index contributed by atoms with van der Waals surface area (Å²) in [6, 6.07) is 20.9. The second-order valence-electron chi connectivity index (χ2n) is 6.62. The molecule has 3 heteroatoms. The number of halogens is 1. The third-order valence-electron chi connectivity index (χ3n) is 4.66. The monoisotopic (exact) mass is 342 g/mol. The van der Waals surface area contributed by atoms with Crippen molar-refractivity contribution in [2.75, 3.05) is 0 Å². The van der Waals surface area contributed by atoms with Gasteiger partial charge in [-0.05, 0) is 54.8 Å². The van der Waals surface area contributed by atoms with Crippen molar-refractivity contribution < 1.29 is 4.39 Å². The Labute approximate surface area is 152 Å². The quantitative estimate of drug-likeness (QED) is 0.481. The number of fused-ring (bicyclic) bond motifs is 1. The van der Waals surface area contributed by atoms with Crippen molar-refractivity contribution in [1.82, 2.24) is 9.97 Å². The molecule has 3 aromatic carbocycles. The zero-order valence-electron chi connectivity index (χ0n) is 14.8. The van der Waals surface area contributed by atoms with Crippen molar-refractivity contribution in [2.45, 2.75) is 20.3 Å². The molecule has 0 saturated carbocycles. The van der Waals surface area contributed by atoms with Gasteiger partial charge in [-0.1, -0.05) is 42.5 Å². The maximum atomic E-state index is 13.6. The third-order valence-corrected chi connectivity index (χ3v) is 4.66. The molecule has 0 aliphatic heterocycles. The molecule has 26 heavy (non-hydrogen) atoms. The molecular weight excluding hydrogens is 323 g/mol. The van der Waals surface area contributed by atoms with Crippen LogP contribution < -0.4 is 0 Å². The van der Waals surface area contributed by atoms with Crippen molar-refractivity contribution >= 4 is 11.0 Å². The van der Waals surface area contributed by atoms with Crippen LogP contribution in [0.15, 0.2) is 66.7 Å². The van der Waals surface area contributed by atoms with Gasteiger partial charge in [-0.2, -0.15) is 0 Å². The minimum Gasteiger partial charge on any atom is -0.249 e. The Morgan fingerprint density at radius 2 is 1.46 bits per heavy atom. The summed E-state index contributed by atoms with van der Waals surface area (Å²) in [5, 5.41) is 0. The fraction of sp³-hybridized carbons (Fsp3) is 0.130. The van der Waals surface area contributed by atoms with Crippen molar-refractivity contribution in [3.05, 3.63) is 94.9 Å². The number of hydrogen-bond acceptors (Lipinski definition) is 2. The number of aromatic nitrogens is 2. The minimum absolute atomic E-state index is 0.232. The van der Waals surface area contributed by atoms with Crippen LogP contribution in [0.25, 0.3) is 22.3 Å².